The Hall–Kier alpha value is -0.320. The zero-order chi connectivity index (χ0) is 9.97. The zero-order valence-corrected chi connectivity index (χ0v) is 9.31. The van der Waals surface area contributed by atoms with Gasteiger partial charge in [0.2, 0.25) is 0 Å². The van der Waals surface area contributed by atoms with Crippen LogP contribution in [0.4, 0.5) is 5.82 Å². The molecule has 14 heavy (non-hydrogen) atoms. The number of anilines is 1. The SMILES string of the molecule is OC1CCC(Nc2csc(Cl)n2)CC1. The number of aromatic nitrogens is 1. The third-order valence-corrected chi connectivity index (χ3v) is 3.50. The Bertz CT molecular complexity index is 297. The number of aliphatic hydroxyl groups is 1. The molecular weight excluding hydrogens is 220 g/mol. The minimum Gasteiger partial charge on any atom is -0.393 e. The average Bonchev–Trinajstić information content (AvgIpc) is 2.56. The van der Waals surface area contributed by atoms with E-state index in [2.05, 4.69) is 10.3 Å². The summed E-state index contributed by atoms with van der Waals surface area (Å²) in [5.41, 5.74) is 0. The molecule has 1 aliphatic rings. The lowest BCUT2D eigenvalue weighted by atomic mass is 9.93. The maximum absolute atomic E-state index is 9.33. The molecule has 1 fully saturated rings. The van der Waals surface area contributed by atoms with Crippen molar-refractivity contribution < 1.29 is 5.11 Å². The number of halogens is 1. The third kappa shape index (κ3) is 2.59. The van der Waals surface area contributed by atoms with Crippen LogP contribution in [0.15, 0.2) is 5.38 Å². The van der Waals surface area contributed by atoms with Gasteiger partial charge in [0.05, 0.1) is 6.10 Å². The van der Waals surface area contributed by atoms with Crippen LogP contribution in [0.3, 0.4) is 0 Å². The Balaban J connectivity index is 1.86. The highest BCUT2D eigenvalue weighted by Gasteiger charge is 2.19. The summed E-state index contributed by atoms with van der Waals surface area (Å²) < 4.78 is 0.573. The van der Waals surface area contributed by atoms with Crippen LogP contribution in [0.5, 0.6) is 0 Å². The monoisotopic (exact) mass is 232 g/mol. The molecule has 0 amide bonds. The highest BCUT2D eigenvalue weighted by molar-refractivity contribution is 7.14. The van der Waals surface area contributed by atoms with Crippen molar-refractivity contribution in [1.82, 2.24) is 4.98 Å². The Kier molecular flexibility index (Phi) is 3.26. The molecular formula is C9H13ClN2OS. The second-order valence-electron chi connectivity index (χ2n) is 3.64. The van der Waals surface area contributed by atoms with Gasteiger partial charge in [0.25, 0.3) is 0 Å². The Morgan fingerprint density at radius 3 is 2.71 bits per heavy atom. The molecule has 78 valence electrons. The number of nitrogens with one attached hydrogen (secondary N) is 1. The van der Waals surface area contributed by atoms with Gasteiger partial charge in [0.15, 0.2) is 4.47 Å². The van der Waals surface area contributed by atoms with Crippen molar-refractivity contribution in [1.29, 1.82) is 0 Å². The minimum atomic E-state index is -0.105. The molecule has 0 bridgehead atoms. The molecule has 0 unspecified atom stereocenters. The predicted octanol–water partition coefficient (Wildman–Crippen LogP) is 2.51. The Morgan fingerprint density at radius 2 is 2.14 bits per heavy atom. The first kappa shape index (κ1) is 10.2. The topological polar surface area (TPSA) is 45.1 Å². The van der Waals surface area contributed by atoms with Crippen molar-refractivity contribution in [2.75, 3.05) is 5.32 Å². The zero-order valence-electron chi connectivity index (χ0n) is 7.74. The molecule has 3 nitrogen and oxygen atoms in total. The molecule has 0 atom stereocenters. The average molecular weight is 233 g/mol. The first-order valence-electron chi connectivity index (χ1n) is 4.79. The van der Waals surface area contributed by atoms with E-state index < -0.39 is 0 Å². The lowest BCUT2D eigenvalue weighted by Gasteiger charge is -2.25. The van der Waals surface area contributed by atoms with Gasteiger partial charge in [-0.15, -0.1) is 11.3 Å². The molecule has 1 saturated carbocycles. The minimum absolute atomic E-state index is 0.105. The molecule has 0 saturated heterocycles. The van der Waals surface area contributed by atoms with E-state index in [1.807, 2.05) is 5.38 Å². The van der Waals surface area contributed by atoms with Gasteiger partial charge in [-0.1, -0.05) is 11.6 Å². The maximum Gasteiger partial charge on any atom is 0.185 e. The van der Waals surface area contributed by atoms with Crippen LogP contribution in [0, 0.1) is 0 Å². The van der Waals surface area contributed by atoms with Gasteiger partial charge in [-0.3, -0.25) is 0 Å². The van der Waals surface area contributed by atoms with Crippen molar-refractivity contribution in [3.8, 4) is 0 Å². The van der Waals surface area contributed by atoms with Crippen molar-refractivity contribution in [2.45, 2.75) is 37.8 Å². The van der Waals surface area contributed by atoms with Crippen LogP contribution in [0.2, 0.25) is 4.47 Å². The fourth-order valence-corrected chi connectivity index (χ4v) is 2.45. The molecule has 2 rings (SSSR count). The summed E-state index contributed by atoms with van der Waals surface area (Å²) in [6, 6.07) is 0.441. The van der Waals surface area contributed by atoms with E-state index in [9.17, 15) is 5.11 Å². The summed E-state index contributed by atoms with van der Waals surface area (Å²) in [6.07, 6.45) is 3.68. The molecule has 5 heteroatoms. The smallest absolute Gasteiger partial charge is 0.185 e. The van der Waals surface area contributed by atoms with Gasteiger partial charge in [-0.25, -0.2) is 4.98 Å². The largest absolute Gasteiger partial charge is 0.393 e. The first-order chi connectivity index (χ1) is 6.74. The Morgan fingerprint density at radius 1 is 1.43 bits per heavy atom. The van der Waals surface area contributed by atoms with E-state index in [4.69, 9.17) is 11.6 Å². The second kappa shape index (κ2) is 4.47. The van der Waals surface area contributed by atoms with E-state index in [-0.39, 0.29) is 6.10 Å². The summed E-state index contributed by atoms with van der Waals surface area (Å²) >= 11 is 7.16. The van der Waals surface area contributed by atoms with Gasteiger partial charge < -0.3 is 10.4 Å². The number of thiazole rings is 1. The molecule has 1 aromatic rings. The molecule has 1 heterocycles. The standard InChI is InChI=1S/C9H13ClN2OS/c10-9-12-8(5-14-9)11-6-1-3-7(13)4-2-6/h5-7,11,13H,1-4H2. The number of rotatable bonds is 2. The van der Waals surface area contributed by atoms with E-state index in [0.29, 0.717) is 10.5 Å². The quantitative estimate of drug-likeness (QED) is 0.824. The summed E-state index contributed by atoms with van der Waals surface area (Å²) in [5, 5.41) is 14.6. The van der Waals surface area contributed by atoms with Crippen molar-refractivity contribution in [2.24, 2.45) is 0 Å². The van der Waals surface area contributed by atoms with Crippen molar-refractivity contribution in [3.05, 3.63) is 9.85 Å². The molecule has 1 aliphatic carbocycles. The van der Waals surface area contributed by atoms with E-state index >= 15 is 0 Å². The van der Waals surface area contributed by atoms with E-state index in [1.54, 1.807) is 0 Å². The number of hydrogen-bond acceptors (Lipinski definition) is 4. The Labute approximate surface area is 92.1 Å². The van der Waals surface area contributed by atoms with Gasteiger partial charge in [-0.2, -0.15) is 0 Å². The van der Waals surface area contributed by atoms with Crippen LogP contribution in [-0.4, -0.2) is 22.2 Å². The normalized spacial score (nSPS) is 27.6. The third-order valence-electron chi connectivity index (χ3n) is 2.52. The number of aliphatic hydroxyl groups excluding tert-OH is 1. The van der Waals surface area contributed by atoms with Gasteiger partial charge in [-0.05, 0) is 25.7 Å². The lowest BCUT2D eigenvalue weighted by molar-refractivity contribution is 0.126. The van der Waals surface area contributed by atoms with Crippen LogP contribution in [0.1, 0.15) is 25.7 Å². The maximum atomic E-state index is 9.33. The molecule has 0 aliphatic heterocycles. The number of nitrogens with zero attached hydrogens (tertiary/aromatic N) is 1. The predicted molar refractivity (Wildman–Crippen MR) is 59.0 cm³/mol. The molecule has 0 radical (unpaired) electrons. The fraction of sp³-hybridized carbons (Fsp3) is 0.667. The van der Waals surface area contributed by atoms with Crippen LogP contribution >= 0.6 is 22.9 Å². The van der Waals surface area contributed by atoms with Crippen LogP contribution in [-0.2, 0) is 0 Å². The van der Waals surface area contributed by atoms with Crippen molar-refractivity contribution >= 4 is 28.8 Å². The van der Waals surface area contributed by atoms with E-state index in [1.165, 1.54) is 11.3 Å². The highest BCUT2D eigenvalue weighted by atomic mass is 35.5. The summed E-state index contributed by atoms with van der Waals surface area (Å²) in [4.78, 5) is 4.13. The second-order valence-corrected chi connectivity index (χ2v) is 5.08. The van der Waals surface area contributed by atoms with Gasteiger partial charge in [0.1, 0.15) is 5.82 Å². The van der Waals surface area contributed by atoms with Gasteiger partial charge in [0, 0.05) is 11.4 Å². The molecule has 0 spiro atoms. The van der Waals surface area contributed by atoms with E-state index in [0.717, 1.165) is 31.5 Å². The summed E-state index contributed by atoms with van der Waals surface area (Å²) in [7, 11) is 0. The van der Waals surface area contributed by atoms with Crippen molar-refractivity contribution in [3.63, 3.8) is 0 Å². The van der Waals surface area contributed by atoms with Gasteiger partial charge >= 0.3 is 0 Å². The fourth-order valence-electron chi connectivity index (χ4n) is 1.75. The first-order valence-corrected chi connectivity index (χ1v) is 6.05. The molecule has 2 N–H and O–H groups in total. The van der Waals surface area contributed by atoms with Crippen LogP contribution in [0.25, 0.3) is 0 Å². The molecule has 1 aromatic heterocycles. The van der Waals surface area contributed by atoms with Crippen LogP contribution < -0.4 is 5.32 Å². The highest BCUT2D eigenvalue weighted by Crippen LogP contribution is 2.24. The summed E-state index contributed by atoms with van der Waals surface area (Å²) in [5.74, 6) is 0.862. The summed E-state index contributed by atoms with van der Waals surface area (Å²) in [6.45, 7) is 0. The number of hydrogen-bond donors (Lipinski definition) is 2. The molecule has 0 aromatic carbocycles. The lowest BCUT2D eigenvalue weighted by Crippen LogP contribution is -2.28.